The highest BCUT2D eigenvalue weighted by Crippen LogP contribution is 2.22. The molecule has 4 nitrogen and oxygen atoms in total. The number of nitrogens with two attached hydrogens (primary N) is 1. The van der Waals surface area contributed by atoms with Gasteiger partial charge in [-0.15, -0.1) is 0 Å². The second-order valence-corrected chi connectivity index (χ2v) is 4.10. The van der Waals surface area contributed by atoms with Gasteiger partial charge in [0.1, 0.15) is 12.4 Å². The normalized spacial score (nSPS) is 28.7. The van der Waals surface area contributed by atoms with E-state index in [-0.39, 0.29) is 0 Å². The zero-order chi connectivity index (χ0) is 9.10. The van der Waals surface area contributed by atoms with E-state index in [1.807, 2.05) is 0 Å². The predicted molar refractivity (Wildman–Crippen MR) is 50.8 cm³/mol. The minimum Gasteiger partial charge on any atom is -0.466 e. The fourth-order valence-corrected chi connectivity index (χ4v) is 2.02. The first-order valence-corrected chi connectivity index (χ1v) is 5.31. The van der Waals surface area contributed by atoms with Gasteiger partial charge < -0.3 is 10.5 Å². The lowest BCUT2D eigenvalue weighted by atomic mass is 9.94. The monoisotopic (exact) mass is 199 g/mol. The number of hydrogen-bond acceptors (Lipinski definition) is 5. The molecular formula is C8H13N3OS. The van der Waals surface area contributed by atoms with E-state index >= 15 is 0 Å². The molecule has 1 aliphatic carbocycles. The first kappa shape index (κ1) is 8.90. The van der Waals surface area contributed by atoms with E-state index in [4.69, 9.17) is 10.5 Å². The summed E-state index contributed by atoms with van der Waals surface area (Å²) in [6.07, 6.45) is 6.02. The summed E-state index contributed by atoms with van der Waals surface area (Å²) >= 11 is 1.30. The first-order valence-electron chi connectivity index (χ1n) is 4.53. The third-order valence-electron chi connectivity index (χ3n) is 2.33. The van der Waals surface area contributed by atoms with E-state index in [9.17, 15) is 0 Å². The Balaban J connectivity index is 1.83. The Kier molecular flexibility index (Phi) is 2.75. The van der Waals surface area contributed by atoms with Crippen molar-refractivity contribution < 1.29 is 4.74 Å². The zero-order valence-corrected chi connectivity index (χ0v) is 8.17. The molecular weight excluding hydrogens is 186 g/mol. The predicted octanol–water partition coefficient (Wildman–Crippen LogP) is 1.19. The highest BCUT2D eigenvalue weighted by atomic mass is 32.1. The third kappa shape index (κ3) is 2.38. The fourth-order valence-electron chi connectivity index (χ4n) is 1.56. The summed E-state index contributed by atoms with van der Waals surface area (Å²) in [6, 6.07) is 0.370. The van der Waals surface area contributed by atoms with Crippen LogP contribution in [0.2, 0.25) is 0 Å². The van der Waals surface area contributed by atoms with E-state index in [1.54, 1.807) is 0 Å². The Hall–Kier alpha value is -0.680. The van der Waals surface area contributed by atoms with Gasteiger partial charge in [0.2, 0.25) is 0 Å². The van der Waals surface area contributed by atoms with Crippen LogP contribution < -0.4 is 10.5 Å². The Morgan fingerprint density at radius 1 is 1.38 bits per heavy atom. The molecule has 0 spiro atoms. The van der Waals surface area contributed by atoms with Gasteiger partial charge in [-0.05, 0) is 25.7 Å². The van der Waals surface area contributed by atoms with Crippen molar-refractivity contribution in [1.29, 1.82) is 0 Å². The number of rotatable bonds is 2. The van der Waals surface area contributed by atoms with Crippen LogP contribution in [-0.2, 0) is 0 Å². The first-order chi connectivity index (χ1) is 6.34. The average Bonchev–Trinajstić information content (AvgIpc) is 2.62. The molecule has 0 unspecified atom stereocenters. The van der Waals surface area contributed by atoms with Gasteiger partial charge in [-0.2, -0.15) is 9.36 Å². The smallest absolute Gasteiger partial charge is 0.293 e. The largest absolute Gasteiger partial charge is 0.466 e. The van der Waals surface area contributed by atoms with Crippen LogP contribution in [0.1, 0.15) is 25.7 Å². The molecule has 72 valence electrons. The van der Waals surface area contributed by atoms with Crippen molar-refractivity contribution in [3.63, 3.8) is 0 Å². The molecule has 1 fully saturated rings. The molecule has 5 heteroatoms. The molecule has 1 aliphatic rings. The summed E-state index contributed by atoms with van der Waals surface area (Å²) in [5, 5.41) is 0.681. The molecule has 0 aliphatic heterocycles. The van der Waals surface area contributed by atoms with Gasteiger partial charge in [0.25, 0.3) is 5.19 Å². The molecule has 0 saturated heterocycles. The van der Waals surface area contributed by atoms with E-state index in [0.29, 0.717) is 17.3 Å². The van der Waals surface area contributed by atoms with Gasteiger partial charge in [0.05, 0.1) is 0 Å². The quantitative estimate of drug-likeness (QED) is 0.777. The zero-order valence-electron chi connectivity index (χ0n) is 7.35. The summed E-state index contributed by atoms with van der Waals surface area (Å²) in [5.74, 6) is 0. The Bertz CT molecular complexity index is 244. The Morgan fingerprint density at radius 2 is 2.15 bits per heavy atom. The second kappa shape index (κ2) is 4.02. The van der Waals surface area contributed by atoms with Gasteiger partial charge in [0, 0.05) is 17.6 Å². The lowest BCUT2D eigenvalue weighted by Crippen LogP contribution is -2.31. The van der Waals surface area contributed by atoms with Crippen LogP contribution >= 0.6 is 11.5 Å². The lowest BCUT2D eigenvalue weighted by molar-refractivity contribution is 0.146. The molecule has 0 atom stereocenters. The molecule has 0 radical (unpaired) electrons. The van der Waals surface area contributed by atoms with Gasteiger partial charge >= 0.3 is 0 Å². The highest BCUT2D eigenvalue weighted by Gasteiger charge is 2.20. The molecule has 1 aromatic rings. The molecule has 0 amide bonds. The van der Waals surface area contributed by atoms with Gasteiger partial charge in [-0.1, -0.05) is 0 Å². The van der Waals surface area contributed by atoms with Gasteiger partial charge in [-0.3, -0.25) is 0 Å². The number of ether oxygens (including phenoxy) is 1. The van der Waals surface area contributed by atoms with Gasteiger partial charge in [0.15, 0.2) is 0 Å². The maximum atomic E-state index is 5.79. The van der Waals surface area contributed by atoms with Crippen molar-refractivity contribution in [2.75, 3.05) is 0 Å². The Morgan fingerprint density at radius 3 is 2.77 bits per heavy atom. The molecule has 0 aromatic carbocycles. The molecule has 1 saturated carbocycles. The summed E-state index contributed by atoms with van der Waals surface area (Å²) in [4.78, 5) is 3.98. The van der Waals surface area contributed by atoms with Crippen LogP contribution in [0.5, 0.6) is 5.19 Å². The molecule has 1 aromatic heterocycles. The number of aromatic nitrogens is 2. The topological polar surface area (TPSA) is 61.0 Å². The lowest BCUT2D eigenvalue weighted by Gasteiger charge is -2.25. The van der Waals surface area contributed by atoms with Crippen LogP contribution in [0.15, 0.2) is 6.33 Å². The summed E-state index contributed by atoms with van der Waals surface area (Å²) in [6.45, 7) is 0. The number of hydrogen-bond donors (Lipinski definition) is 1. The number of nitrogens with zero attached hydrogens (tertiary/aromatic N) is 2. The molecule has 2 N–H and O–H groups in total. The van der Waals surface area contributed by atoms with Crippen molar-refractivity contribution >= 4 is 11.5 Å². The summed E-state index contributed by atoms with van der Waals surface area (Å²) in [7, 11) is 0. The maximum Gasteiger partial charge on any atom is 0.293 e. The Labute approximate surface area is 81.3 Å². The van der Waals surface area contributed by atoms with Crippen LogP contribution in [0.4, 0.5) is 0 Å². The van der Waals surface area contributed by atoms with Crippen LogP contribution in [0, 0.1) is 0 Å². The van der Waals surface area contributed by atoms with E-state index in [2.05, 4.69) is 9.36 Å². The average molecular weight is 199 g/mol. The molecule has 2 rings (SSSR count). The SMILES string of the molecule is NC1CCC(Oc2ncns2)CC1. The summed E-state index contributed by atoms with van der Waals surface area (Å²) < 4.78 is 9.52. The molecule has 1 heterocycles. The van der Waals surface area contributed by atoms with Crippen molar-refractivity contribution in [2.45, 2.75) is 37.8 Å². The minimum atomic E-state index is 0.299. The van der Waals surface area contributed by atoms with E-state index in [1.165, 1.54) is 17.9 Å². The van der Waals surface area contributed by atoms with Crippen LogP contribution in [0.3, 0.4) is 0 Å². The highest BCUT2D eigenvalue weighted by molar-refractivity contribution is 7.07. The van der Waals surface area contributed by atoms with Crippen LogP contribution in [-0.4, -0.2) is 21.5 Å². The fraction of sp³-hybridized carbons (Fsp3) is 0.750. The van der Waals surface area contributed by atoms with Crippen LogP contribution in [0.25, 0.3) is 0 Å². The minimum absolute atomic E-state index is 0.299. The van der Waals surface area contributed by atoms with Crippen molar-refractivity contribution in [2.24, 2.45) is 5.73 Å². The molecule has 0 bridgehead atoms. The summed E-state index contributed by atoms with van der Waals surface area (Å²) in [5.41, 5.74) is 5.79. The van der Waals surface area contributed by atoms with E-state index in [0.717, 1.165) is 25.7 Å². The second-order valence-electron chi connectivity index (χ2n) is 3.36. The third-order valence-corrected chi connectivity index (χ3v) is 2.88. The van der Waals surface area contributed by atoms with Gasteiger partial charge in [-0.25, -0.2) is 0 Å². The molecule has 13 heavy (non-hydrogen) atoms. The standard InChI is InChI=1S/C8H13N3OS/c9-6-1-3-7(4-2-6)12-8-10-5-11-13-8/h5-7H,1-4,9H2. The van der Waals surface area contributed by atoms with E-state index < -0.39 is 0 Å². The van der Waals surface area contributed by atoms with Crippen molar-refractivity contribution in [1.82, 2.24) is 9.36 Å². The van der Waals surface area contributed by atoms with Crippen molar-refractivity contribution in [3.05, 3.63) is 6.33 Å². The maximum absolute atomic E-state index is 5.79. The van der Waals surface area contributed by atoms with Crippen molar-refractivity contribution in [3.8, 4) is 5.19 Å².